The van der Waals surface area contributed by atoms with Crippen LogP contribution in [0.3, 0.4) is 0 Å². The van der Waals surface area contributed by atoms with Gasteiger partial charge in [0.1, 0.15) is 11.2 Å². The molecule has 0 amide bonds. The number of nitrogens with zero attached hydrogens (tertiary/aromatic N) is 1. The standard InChI is InChI=1S/C43H27NO/c1-2-12-29(13-3-1)40-32-14-4-6-16-34(32)41(35-17-7-5-15-33(35)40)30-23-21-28(22-24-30)31-25-26-39-43(36-18-8-9-20-38(36)45-39)42(31)37-19-10-11-27-44-37/h1-27H/i1D,2D,3D,12D,13D. The molecule has 0 N–H and O–H groups in total. The molecule has 0 unspecified atom stereocenters. The van der Waals surface area contributed by atoms with Crippen LogP contribution in [0.4, 0.5) is 0 Å². The second kappa shape index (κ2) is 10.3. The Hall–Kier alpha value is -5.99. The summed E-state index contributed by atoms with van der Waals surface area (Å²) in [7, 11) is 0. The Labute approximate surface area is 267 Å². The first-order valence-corrected chi connectivity index (χ1v) is 14.9. The number of rotatable bonds is 4. The Morgan fingerprint density at radius 1 is 0.444 bits per heavy atom. The van der Waals surface area contributed by atoms with Crippen LogP contribution in [-0.4, -0.2) is 4.98 Å². The number of aromatic nitrogens is 1. The number of benzene rings is 7. The summed E-state index contributed by atoms with van der Waals surface area (Å²) in [6, 6.07) is 41.0. The van der Waals surface area contributed by atoms with E-state index in [1.54, 1.807) is 0 Å². The lowest BCUT2D eigenvalue weighted by Crippen LogP contribution is -1.91. The molecule has 45 heavy (non-hydrogen) atoms. The molecule has 210 valence electrons. The molecule has 0 radical (unpaired) electrons. The lowest BCUT2D eigenvalue weighted by molar-refractivity contribution is 0.669. The zero-order valence-corrected chi connectivity index (χ0v) is 24.1. The quantitative estimate of drug-likeness (QED) is 0.194. The molecule has 0 aliphatic rings. The Bertz CT molecular complexity index is 2720. The van der Waals surface area contributed by atoms with Crippen molar-refractivity contribution >= 4 is 43.5 Å². The highest BCUT2D eigenvalue weighted by Crippen LogP contribution is 2.45. The van der Waals surface area contributed by atoms with Crippen molar-refractivity contribution < 1.29 is 11.3 Å². The van der Waals surface area contributed by atoms with Crippen LogP contribution in [0.2, 0.25) is 0 Å². The van der Waals surface area contributed by atoms with E-state index >= 15 is 0 Å². The van der Waals surface area contributed by atoms with E-state index in [-0.39, 0.29) is 29.7 Å². The summed E-state index contributed by atoms with van der Waals surface area (Å²) in [5, 5.41) is 5.57. The predicted octanol–water partition coefficient (Wildman–Crippen LogP) is 12.0. The van der Waals surface area contributed by atoms with E-state index in [0.717, 1.165) is 77.0 Å². The van der Waals surface area contributed by atoms with Gasteiger partial charge in [0.2, 0.25) is 0 Å². The van der Waals surface area contributed by atoms with E-state index in [0.29, 0.717) is 5.56 Å². The average molecular weight is 579 g/mol. The predicted molar refractivity (Wildman–Crippen MR) is 188 cm³/mol. The summed E-state index contributed by atoms with van der Waals surface area (Å²) in [5.41, 5.74) is 8.45. The van der Waals surface area contributed by atoms with Crippen molar-refractivity contribution in [2.24, 2.45) is 0 Å². The van der Waals surface area contributed by atoms with Crippen molar-refractivity contribution in [2.75, 3.05) is 0 Å². The van der Waals surface area contributed by atoms with E-state index in [1.807, 2.05) is 97.2 Å². The minimum absolute atomic E-state index is 0.203. The third-order valence-corrected chi connectivity index (χ3v) is 8.63. The third-order valence-electron chi connectivity index (χ3n) is 8.63. The zero-order valence-electron chi connectivity index (χ0n) is 29.1. The minimum Gasteiger partial charge on any atom is -0.456 e. The summed E-state index contributed by atoms with van der Waals surface area (Å²) in [5.74, 6) is 0. The van der Waals surface area contributed by atoms with Gasteiger partial charge < -0.3 is 4.42 Å². The summed E-state index contributed by atoms with van der Waals surface area (Å²) >= 11 is 0. The highest BCUT2D eigenvalue weighted by molar-refractivity contribution is 6.21. The Balaban J connectivity index is 1.28. The molecule has 0 bridgehead atoms. The molecular formula is C43H27NO. The van der Waals surface area contributed by atoms with Gasteiger partial charge in [0.15, 0.2) is 0 Å². The van der Waals surface area contributed by atoms with Crippen LogP contribution in [-0.2, 0) is 0 Å². The van der Waals surface area contributed by atoms with Crippen LogP contribution in [0, 0.1) is 0 Å². The van der Waals surface area contributed by atoms with Gasteiger partial charge in [-0.05, 0) is 85.3 Å². The topological polar surface area (TPSA) is 26.0 Å². The van der Waals surface area contributed by atoms with Gasteiger partial charge in [-0.1, -0.05) is 127 Å². The first kappa shape index (κ1) is 20.8. The zero-order chi connectivity index (χ0) is 34.1. The maximum atomic E-state index is 8.83. The Morgan fingerprint density at radius 2 is 1.02 bits per heavy atom. The van der Waals surface area contributed by atoms with Crippen LogP contribution < -0.4 is 0 Å². The molecule has 9 rings (SSSR count). The maximum Gasteiger partial charge on any atom is 0.136 e. The molecule has 2 aromatic heterocycles. The van der Waals surface area contributed by atoms with Gasteiger partial charge in [-0.2, -0.15) is 0 Å². The highest BCUT2D eigenvalue weighted by Gasteiger charge is 2.20. The Morgan fingerprint density at radius 3 is 1.67 bits per heavy atom. The molecule has 0 saturated heterocycles. The normalized spacial score (nSPS) is 13.1. The van der Waals surface area contributed by atoms with Crippen LogP contribution in [0.25, 0.3) is 88.1 Å². The number of hydrogen-bond acceptors (Lipinski definition) is 2. The number of fused-ring (bicyclic) bond motifs is 5. The average Bonchev–Trinajstić information content (AvgIpc) is 3.55. The second-order valence-corrected chi connectivity index (χ2v) is 11.1. The van der Waals surface area contributed by atoms with Crippen molar-refractivity contribution in [3.63, 3.8) is 0 Å². The largest absolute Gasteiger partial charge is 0.456 e. The fourth-order valence-electron chi connectivity index (χ4n) is 6.73. The van der Waals surface area contributed by atoms with Crippen molar-refractivity contribution in [2.45, 2.75) is 0 Å². The molecule has 0 aliphatic carbocycles. The smallest absolute Gasteiger partial charge is 0.136 e. The van der Waals surface area contributed by atoms with Crippen molar-refractivity contribution in [3.05, 3.63) is 164 Å². The van der Waals surface area contributed by atoms with E-state index < -0.39 is 6.04 Å². The van der Waals surface area contributed by atoms with Gasteiger partial charge in [-0.25, -0.2) is 0 Å². The van der Waals surface area contributed by atoms with Gasteiger partial charge in [0.05, 0.1) is 12.5 Å². The lowest BCUT2D eigenvalue weighted by Gasteiger charge is -2.18. The van der Waals surface area contributed by atoms with Crippen LogP contribution in [0.15, 0.2) is 168 Å². The van der Waals surface area contributed by atoms with Crippen LogP contribution in [0.5, 0.6) is 0 Å². The number of para-hydroxylation sites is 1. The molecule has 0 saturated carbocycles. The van der Waals surface area contributed by atoms with E-state index in [2.05, 4.69) is 36.4 Å². The molecular weight excluding hydrogens is 546 g/mol. The van der Waals surface area contributed by atoms with Crippen molar-refractivity contribution in [1.82, 2.24) is 4.98 Å². The molecule has 0 aliphatic heterocycles. The summed E-state index contributed by atoms with van der Waals surface area (Å²) in [6.45, 7) is 0. The van der Waals surface area contributed by atoms with E-state index in [1.165, 1.54) is 0 Å². The van der Waals surface area contributed by atoms with Gasteiger partial charge >= 0.3 is 0 Å². The van der Waals surface area contributed by atoms with Gasteiger partial charge in [-0.15, -0.1) is 0 Å². The van der Waals surface area contributed by atoms with Gasteiger partial charge in [0.25, 0.3) is 0 Å². The van der Waals surface area contributed by atoms with Gasteiger partial charge in [-0.3, -0.25) is 4.98 Å². The molecule has 0 spiro atoms. The van der Waals surface area contributed by atoms with E-state index in [4.69, 9.17) is 16.3 Å². The highest BCUT2D eigenvalue weighted by atomic mass is 16.3. The maximum absolute atomic E-state index is 8.83. The molecule has 2 nitrogen and oxygen atoms in total. The molecule has 7 aromatic carbocycles. The summed E-state index contributed by atoms with van der Waals surface area (Å²) in [4.78, 5) is 4.76. The fraction of sp³-hybridized carbons (Fsp3) is 0. The van der Waals surface area contributed by atoms with Crippen molar-refractivity contribution in [3.8, 4) is 44.6 Å². The molecule has 2 heterocycles. The van der Waals surface area contributed by atoms with Crippen LogP contribution >= 0.6 is 0 Å². The summed E-state index contributed by atoms with van der Waals surface area (Å²) < 4.78 is 48.9. The van der Waals surface area contributed by atoms with E-state index in [9.17, 15) is 0 Å². The first-order chi connectivity index (χ1) is 24.4. The third kappa shape index (κ3) is 4.07. The summed E-state index contributed by atoms with van der Waals surface area (Å²) in [6.07, 6.45) is 1.81. The Kier molecular flexibility index (Phi) is 4.78. The SMILES string of the molecule is [2H]c1c([2H])c([2H])c(-c2c3ccccc3c(-c3ccc(-c4ccc5oc6ccccc6c5c4-c4ccccn4)cc3)c3ccccc23)c([2H])c1[2H]. The monoisotopic (exact) mass is 578 g/mol. The lowest BCUT2D eigenvalue weighted by atomic mass is 9.85. The van der Waals surface area contributed by atoms with Crippen LogP contribution in [0.1, 0.15) is 6.85 Å². The number of pyridine rings is 1. The fourth-order valence-corrected chi connectivity index (χ4v) is 6.73. The molecule has 0 fully saturated rings. The van der Waals surface area contributed by atoms with Gasteiger partial charge in [0, 0.05) is 22.5 Å². The number of hydrogen-bond donors (Lipinski definition) is 0. The number of furan rings is 1. The van der Waals surface area contributed by atoms with Crippen molar-refractivity contribution in [1.29, 1.82) is 0 Å². The molecule has 9 aromatic rings. The second-order valence-electron chi connectivity index (χ2n) is 11.1. The molecule has 0 atom stereocenters. The minimum atomic E-state index is -0.402. The molecule has 2 heteroatoms. The first-order valence-electron chi connectivity index (χ1n) is 17.4.